The quantitative estimate of drug-likeness (QED) is 0.637. The lowest BCUT2D eigenvalue weighted by Crippen LogP contribution is -1.83. The van der Waals surface area contributed by atoms with Gasteiger partial charge in [0.15, 0.2) is 0 Å². The molecule has 0 aliphatic carbocycles. The highest BCUT2D eigenvalue weighted by Crippen LogP contribution is 2.13. The fraction of sp³-hybridized carbons (Fsp3) is 0.111. The van der Waals surface area contributed by atoms with Crippen LogP contribution in [0.1, 0.15) is 5.56 Å². The van der Waals surface area contributed by atoms with Gasteiger partial charge in [-0.3, -0.25) is 0 Å². The first-order valence-corrected chi connectivity index (χ1v) is 3.68. The van der Waals surface area contributed by atoms with Gasteiger partial charge < -0.3 is 5.11 Å². The Labute approximate surface area is 69.7 Å². The summed E-state index contributed by atoms with van der Waals surface area (Å²) in [6.45, 7) is 1.99. The number of hydrogen-bond donors (Lipinski definition) is 1. The number of benzene rings is 1. The minimum atomic E-state index is -0.0358. The van der Waals surface area contributed by atoms with Crippen molar-refractivity contribution in [2.24, 2.45) is 0 Å². The smallest absolute Gasteiger partial charge is 0.230 e. The molecule has 60 valence electrons. The van der Waals surface area contributed by atoms with Crippen molar-refractivity contribution in [2.75, 3.05) is 0 Å². The molecule has 0 saturated heterocycles. The topological polar surface area (TPSA) is 46.0 Å². The second-order valence-corrected chi connectivity index (χ2v) is 2.72. The molecule has 1 aromatic heterocycles. The van der Waals surface area contributed by atoms with Crippen LogP contribution in [0.5, 0.6) is 5.88 Å². The van der Waals surface area contributed by atoms with Gasteiger partial charge in [0.1, 0.15) is 0 Å². The van der Waals surface area contributed by atoms with E-state index in [1.807, 2.05) is 25.1 Å². The van der Waals surface area contributed by atoms with Crippen LogP contribution in [-0.4, -0.2) is 15.1 Å². The third-order valence-corrected chi connectivity index (χ3v) is 1.69. The molecule has 2 rings (SSSR count). The number of rotatable bonds is 0. The van der Waals surface area contributed by atoms with Crippen molar-refractivity contribution in [3.63, 3.8) is 0 Å². The van der Waals surface area contributed by atoms with Crippen molar-refractivity contribution < 1.29 is 5.11 Å². The van der Waals surface area contributed by atoms with Gasteiger partial charge in [-0.05, 0) is 24.6 Å². The number of aromatic nitrogens is 2. The number of fused-ring (bicyclic) bond motifs is 1. The van der Waals surface area contributed by atoms with Crippen molar-refractivity contribution in [1.29, 1.82) is 0 Å². The zero-order valence-corrected chi connectivity index (χ0v) is 6.65. The molecule has 1 aromatic carbocycles. The minimum absolute atomic E-state index is 0.0358. The normalized spacial score (nSPS) is 10.4. The number of nitrogens with zero attached hydrogens (tertiary/aromatic N) is 2. The van der Waals surface area contributed by atoms with Gasteiger partial charge >= 0.3 is 0 Å². The third-order valence-electron chi connectivity index (χ3n) is 1.69. The lowest BCUT2D eigenvalue weighted by molar-refractivity contribution is 0.453. The highest BCUT2D eigenvalue weighted by Gasteiger charge is 1.96. The number of aromatic hydroxyl groups is 1. The van der Waals surface area contributed by atoms with Gasteiger partial charge in [-0.2, -0.15) is 0 Å². The molecule has 0 spiro atoms. The SMILES string of the molecule is Cc1ccc2nc(O)cnc2c1. The fourth-order valence-electron chi connectivity index (χ4n) is 1.11. The molecule has 0 unspecified atom stereocenters. The Kier molecular flexibility index (Phi) is 1.43. The van der Waals surface area contributed by atoms with Gasteiger partial charge in [0, 0.05) is 0 Å². The summed E-state index contributed by atoms with van der Waals surface area (Å²) in [5.74, 6) is -0.0358. The van der Waals surface area contributed by atoms with E-state index in [1.165, 1.54) is 6.20 Å². The van der Waals surface area contributed by atoms with E-state index in [4.69, 9.17) is 5.11 Å². The molecule has 0 bridgehead atoms. The summed E-state index contributed by atoms with van der Waals surface area (Å²) in [6, 6.07) is 5.72. The summed E-state index contributed by atoms with van der Waals surface area (Å²) >= 11 is 0. The van der Waals surface area contributed by atoms with E-state index in [1.54, 1.807) is 0 Å². The summed E-state index contributed by atoms with van der Waals surface area (Å²) in [5, 5.41) is 9.03. The highest BCUT2D eigenvalue weighted by molar-refractivity contribution is 5.74. The largest absolute Gasteiger partial charge is 0.492 e. The molecule has 3 nitrogen and oxygen atoms in total. The van der Waals surface area contributed by atoms with Gasteiger partial charge in [0.05, 0.1) is 17.2 Å². The molecular weight excluding hydrogens is 152 g/mol. The van der Waals surface area contributed by atoms with Crippen molar-refractivity contribution in [1.82, 2.24) is 9.97 Å². The van der Waals surface area contributed by atoms with Gasteiger partial charge in [-0.1, -0.05) is 6.07 Å². The molecule has 0 radical (unpaired) electrons. The van der Waals surface area contributed by atoms with E-state index in [0.717, 1.165) is 16.6 Å². The average Bonchev–Trinajstić information content (AvgIpc) is 2.05. The Morgan fingerprint density at radius 2 is 2.08 bits per heavy atom. The third kappa shape index (κ3) is 1.09. The second-order valence-electron chi connectivity index (χ2n) is 2.72. The van der Waals surface area contributed by atoms with Gasteiger partial charge in [-0.25, -0.2) is 9.97 Å². The van der Waals surface area contributed by atoms with Crippen molar-refractivity contribution >= 4 is 11.0 Å². The van der Waals surface area contributed by atoms with Gasteiger partial charge in [0.2, 0.25) is 5.88 Å². The van der Waals surface area contributed by atoms with E-state index in [2.05, 4.69) is 9.97 Å². The zero-order valence-electron chi connectivity index (χ0n) is 6.65. The van der Waals surface area contributed by atoms with Crippen molar-refractivity contribution in [2.45, 2.75) is 6.92 Å². The van der Waals surface area contributed by atoms with E-state index in [0.29, 0.717) is 0 Å². The number of hydrogen-bond acceptors (Lipinski definition) is 3. The van der Waals surface area contributed by atoms with Crippen LogP contribution in [-0.2, 0) is 0 Å². The van der Waals surface area contributed by atoms with Crippen LogP contribution >= 0.6 is 0 Å². The lowest BCUT2D eigenvalue weighted by Gasteiger charge is -1.97. The van der Waals surface area contributed by atoms with Gasteiger partial charge in [-0.15, -0.1) is 0 Å². The second kappa shape index (κ2) is 2.44. The van der Waals surface area contributed by atoms with Crippen LogP contribution in [0.2, 0.25) is 0 Å². The van der Waals surface area contributed by atoms with E-state index < -0.39 is 0 Å². The van der Waals surface area contributed by atoms with E-state index in [9.17, 15) is 0 Å². The molecule has 1 N–H and O–H groups in total. The molecule has 1 heterocycles. The molecule has 0 amide bonds. The summed E-state index contributed by atoms with van der Waals surface area (Å²) < 4.78 is 0. The first-order valence-electron chi connectivity index (χ1n) is 3.68. The van der Waals surface area contributed by atoms with Crippen molar-refractivity contribution in [3.8, 4) is 5.88 Å². The Morgan fingerprint density at radius 3 is 2.92 bits per heavy atom. The maximum atomic E-state index is 9.03. The van der Waals surface area contributed by atoms with E-state index in [-0.39, 0.29) is 5.88 Å². The van der Waals surface area contributed by atoms with Crippen LogP contribution in [0.15, 0.2) is 24.4 Å². The first-order chi connectivity index (χ1) is 5.75. The Morgan fingerprint density at radius 1 is 1.25 bits per heavy atom. The molecule has 0 aliphatic heterocycles. The maximum Gasteiger partial charge on any atom is 0.230 e. The lowest BCUT2D eigenvalue weighted by atomic mass is 10.2. The molecule has 12 heavy (non-hydrogen) atoms. The molecule has 3 heteroatoms. The standard InChI is InChI=1S/C9H8N2O/c1-6-2-3-7-8(4-6)10-5-9(12)11-7/h2-5H,1H3,(H,11,12). The van der Waals surface area contributed by atoms with E-state index >= 15 is 0 Å². The van der Waals surface area contributed by atoms with Crippen molar-refractivity contribution in [3.05, 3.63) is 30.0 Å². The Bertz CT molecular complexity index is 385. The molecule has 2 aromatic rings. The average molecular weight is 160 g/mol. The zero-order chi connectivity index (χ0) is 8.55. The summed E-state index contributed by atoms with van der Waals surface area (Å²) in [5.41, 5.74) is 2.68. The Balaban J connectivity index is 2.79. The monoisotopic (exact) mass is 160 g/mol. The molecule has 0 saturated carbocycles. The maximum absolute atomic E-state index is 9.03. The first kappa shape index (κ1) is 7.03. The summed E-state index contributed by atoms with van der Waals surface area (Å²) in [4.78, 5) is 7.94. The molecule has 0 fully saturated rings. The summed E-state index contributed by atoms with van der Waals surface area (Å²) in [6.07, 6.45) is 1.35. The highest BCUT2D eigenvalue weighted by atomic mass is 16.3. The van der Waals surface area contributed by atoms with Crippen LogP contribution < -0.4 is 0 Å². The van der Waals surface area contributed by atoms with Crippen LogP contribution in [0.25, 0.3) is 11.0 Å². The molecular formula is C9H8N2O. The predicted molar refractivity (Wildman–Crippen MR) is 45.9 cm³/mol. The number of aryl methyl sites for hydroxylation is 1. The molecule has 0 aliphatic rings. The van der Waals surface area contributed by atoms with Crippen LogP contribution in [0.4, 0.5) is 0 Å². The minimum Gasteiger partial charge on any atom is -0.492 e. The van der Waals surface area contributed by atoms with Crippen LogP contribution in [0.3, 0.4) is 0 Å². The van der Waals surface area contributed by atoms with Gasteiger partial charge in [0.25, 0.3) is 0 Å². The Hall–Kier alpha value is -1.64. The predicted octanol–water partition coefficient (Wildman–Crippen LogP) is 1.64. The fourth-order valence-corrected chi connectivity index (χ4v) is 1.11. The van der Waals surface area contributed by atoms with Crippen LogP contribution in [0, 0.1) is 6.92 Å². The molecule has 0 atom stereocenters. The summed E-state index contributed by atoms with van der Waals surface area (Å²) in [7, 11) is 0.